The number of anilines is 1. The molecule has 1 aromatic carbocycles. The van der Waals surface area contributed by atoms with E-state index in [1.54, 1.807) is 12.3 Å². The Kier molecular flexibility index (Phi) is 5.15. The Balaban J connectivity index is 1.85. The Morgan fingerprint density at radius 1 is 1.09 bits per heavy atom. The fourth-order valence-electron chi connectivity index (χ4n) is 2.09. The molecule has 1 amide bonds. The number of aromatic nitrogens is 1. The number of hydrogen-bond acceptors (Lipinski definition) is 3. The van der Waals surface area contributed by atoms with Gasteiger partial charge in [0.15, 0.2) is 0 Å². The Labute approximate surface area is 132 Å². The van der Waals surface area contributed by atoms with E-state index in [2.05, 4.69) is 48.5 Å². The Hall–Kier alpha value is -2.36. The van der Waals surface area contributed by atoms with E-state index < -0.39 is 0 Å². The number of benzene rings is 1. The first kappa shape index (κ1) is 16.0. The third kappa shape index (κ3) is 5.20. The summed E-state index contributed by atoms with van der Waals surface area (Å²) in [6.07, 6.45) is 2.51. The number of rotatable bonds is 5. The molecule has 1 aromatic heterocycles. The van der Waals surface area contributed by atoms with Crippen molar-refractivity contribution >= 4 is 11.6 Å². The summed E-state index contributed by atoms with van der Waals surface area (Å²) in [6.45, 7) is 6.85. The van der Waals surface area contributed by atoms with Crippen molar-refractivity contribution in [3.05, 3.63) is 59.9 Å². The predicted molar refractivity (Wildman–Crippen MR) is 90.1 cm³/mol. The predicted octanol–water partition coefficient (Wildman–Crippen LogP) is 3.26. The molecule has 0 atom stereocenters. The average Bonchev–Trinajstić information content (AvgIpc) is 2.47. The van der Waals surface area contributed by atoms with Crippen molar-refractivity contribution in [1.82, 2.24) is 10.3 Å². The summed E-state index contributed by atoms with van der Waals surface area (Å²) in [4.78, 5) is 16.3. The molecule has 22 heavy (non-hydrogen) atoms. The van der Waals surface area contributed by atoms with Gasteiger partial charge in [-0.1, -0.05) is 30.3 Å². The first-order chi connectivity index (χ1) is 10.4. The van der Waals surface area contributed by atoms with Gasteiger partial charge in [-0.25, -0.2) is 4.98 Å². The van der Waals surface area contributed by atoms with Gasteiger partial charge < -0.3 is 10.6 Å². The van der Waals surface area contributed by atoms with Gasteiger partial charge >= 0.3 is 0 Å². The molecule has 1 heterocycles. The van der Waals surface area contributed by atoms with Crippen molar-refractivity contribution in [2.24, 2.45) is 0 Å². The molecule has 2 rings (SSSR count). The molecule has 2 N–H and O–H groups in total. The van der Waals surface area contributed by atoms with Gasteiger partial charge in [0.1, 0.15) is 5.69 Å². The lowest BCUT2D eigenvalue weighted by atomic mass is 10.1. The van der Waals surface area contributed by atoms with Gasteiger partial charge in [0, 0.05) is 12.1 Å². The van der Waals surface area contributed by atoms with Crippen molar-refractivity contribution in [2.75, 3.05) is 11.9 Å². The lowest BCUT2D eigenvalue weighted by Gasteiger charge is -2.21. The second-order valence-corrected chi connectivity index (χ2v) is 6.30. The fourth-order valence-corrected chi connectivity index (χ4v) is 2.09. The number of nitrogens with zero attached hydrogens (tertiary/aromatic N) is 1. The van der Waals surface area contributed by atoms with Crippen LogP contribution in [-0.2, 0) is 6.42 Å². The van der Waals surface area contributed by atoms with E-state index in [-0.39, 0.29) is 11.4 Å². The fraction of sp³-hybridized carbons (Fsp3) is 0.333. The second kappa shape index (κ2) is 7.07. The molecule has 0 aliphatic rings. The maximum atomic E-state index is 12.0. The van der Waals surface area contributed by atoms with Crippen molar-refractivity contribution in [2.45, 2.75) is 32.7 Å². The van der Waals surface area contributed by atoms with Gasteiger partial charge in [0.25, 0.3) is 5.91 Å². The summed E-state index contributed by atoms with van der Waals surface area (Å²) in [6, 6.07) is 13.7. The highest BCUT2D eigenvalue weighted by molar-refractivity contribution is 5.92. The molecule has 0 unspecified atom stereocenters. The Morgan fingerprint density at radius 3 is 2.41 bits per heavy atom. The quantitative estimate of drug-likeness (QED) is 0.890. The summed E-state index contributed by atoms with van der Waals surface area (Å²) < 4.78 is 0. The summed E-state index contributed by atoms with van der Waals surface area (Å²) in [5, 5.41) is 6.21. The highest BCUT2D eigenvalue weighted by atomic mass is 16.1. The third-order valence-corrected chi connectivity index (χ3v) is 3.06. The first-order valence-corrected chi connectivity index (χ1v) is 7.50. The van der Waals surface area contributed by atoms with Crippen LogP contribution in [0, 0.1) is 0 Å². The lowest BCUT2D eigenvalue weighted by molar-refractivity contribution is 0.0949. The largest absolute Gasteiger partial charge is 0.379 e. The number of carbonyl (C=O) groups excluding carboxylic acids is 1. The molecule has 0 spiro atoms. The van der Waals surface area contributed by atoms with Gasteiger partial charge in [-0.3, -0.25) is 4.79 Å². The van der Waals surface area contributed by atoms with Crippen molar-refractivity contribution in [3.8, 4) is 0 Å². The molecule has 0 radical (unpaired) electrons. The van der Waals surface area contributed by atoms with E-state index in [1.807, 2.05) is 24.3 Å². The Bertz CT molecular complexity index is 600. The topological polar surface area (TPSA) is 54.0 Å². The van der Waals surface area contributed by atoms with E-state index in [9.17, 15) is 4.79 Å². The van der Waals surface area contributed by atoms with Crippen LogP contribution in [-0.4, -0.2) is 23.0 Å². The number of nitrogens with one attached hydrogen (secondary N) is 2. The summed E-state index contributed by atoms with van der Waals surface area (Å²) in [5.74, 6) is -0.141. The molecule has 0 fully saturated rings. The van der Waals surface area contributed by atoms with E-state index in [0.717, 1.165) is 12.1 Å². The smallest absolute Gasteiger partial charge is 0.269 e. The lowest BCUT2D eigenvalue weighted by Crippen LogP contribution is -2.27. The standard InChI is InChI=1S/C18H23N3O/c1-18(2,3)21-15-9-10-16(20-13-15)17(22)19-12-11-14-7-5-4-6-8-14/h4-10,13,21H,11-12H2,1-3H3,(H,19,22). The van der Waals surface area contributed by atoms with Crippen molar-refractivity contribution < 1.29 is 4.79 Å². The van der Waals surface area contributed by atoms with Crippen LogP contribution in [0.5, 0.6) is 0 Å². The summed E-state index contributed by atoms with van der Waals surface area (Å²) in [5.41, 5.74) is 2.53. The van der Waals surface area contributed by atoms with E-state index >= 15 is 0 Å². The Morgan fingerprint density at radius 2 is 1.82 bits per heavy atom. The van der Waals surface area contributed by atoms with Gasteiger partial charge in [-0.2, -0.15) is 0 Å². The number of carbonyl (C=O) groups is 1. The van der Waals surface area contributed by atoms with E-state index in [1.165, 1.54) is 5.56 Å². The zero-order chi connectivity index (χ0) is 16.0. The van der Waals surface area contributed by atoms with Crippen LogP contribution >= 0.6 is 0 Å². The normalized spacial score (nSPS) is 11.0. The van der Waals surface area contributed by atoms with Gasteiger partial charge in [-0.15, -0.1) is 0 Å². The molecule has 4 heteroatoms. The van der Waals surface area contributed by atoms with Crippen LogP contribution in [0.4, 0.5) is 5.69 Å². The highest BCUT2D eigenvalue weighted by Gasteiger charge is 2.11. The molecule has 0 saturated carbocycles. The molecule has 0 aliphatic heterocycles. The first-order valence-electron chi connectivity index (χ1n) is 7.50. The average molecular weight is 297 g/mol. The van der Waals surface area contributed by atoms with Gasteiger partial charge in [0.2, 0.25) is 0 Å². The number of amides is 1. The molecule has 0 aliphatic carbocycles. The van der Waals surface area contributed by atoms with E-state index in [4.69, 9.17) is 0 Å². The van der Waals surface area contributed by atoms with Crippen LogP contribution in [0.3, 0.4) is 0 Å². The van der Waals surface area contributed by atoms with Gasteiger partial charge in [0.05, 0.1) is 11.9 Å². The number of pyridine rings is 1. The minimum Gasteiger partial charge on any atom is -0.379 e. The maximum absolute atomic E-state index is 12.0. The monoisotopic (exact) mass is 297 g/mol. The van der Waals surface area contributed by atoms with E-state index in [0.29, 0.717) is 12.2 Å². The van der Waals surface area contributed by atoms with Crippen LogP contribution in [0.25, 0.3) is 0 Å². The molecule has 116 valence electrons. The maximum Gasteiger partial charge on any atom is 0.269 e. The second-order valence-electron chi connectivity index (χ2n) is 6.30. The summed E-state index contributed by atoms with van der Waals surface area (Å²) >= 11 is 0. The van der Waals surface area contributed by atoms with Crippen LogP contribution in [0.1, 0.15) is 36.8 Å². The highest BCUT2D eigenvalue weighted by Crippen LogP contribution is 2.13. The molecule has 0 saturated heterocycles. The van der Waals surface area contributed by atoms with Crippen LogP contribution < -0.4 is 10.6 Å². The van der Waals surface area contributed by atoms with Crippen LogP contribution in [0.15, 0.2) is 48.7 Å². The van der Waals surface area contributed by atoms with Gasteiger partial charge in [-0.05, 0) is 44.9 Å². The van der Waals surface area contributed by atoms with Crippen LogP contribution in [0.2, 0.25) is 0 Å². The zero-order valence-electron chi connectivity index (χ0n) is 13.4. The minimum absolute atomic E-state index is 0.0266. The third-order valence-electron chi connectivity index (χ3n) is 3.06. The molecule has 2 aromatic rings. The summed E-state index contributed by atoms with van der Waals surface area (Å²) in [7, 11) is 0. The minimum atomic E-state index is -0.141. The molecule has 4 nitrogen and oxygen atoms in total. The zero-order valence-corrected chi connectivity index (χ0v) is 13.4. The molecular formula is C18H23N3O. The SMILES string of the molecule is CC(C)(C)Nc1ccc(C(=O)NCCc2ccccc2)nc1. The molecule has 0 bridgehead atoms. The van der Waals surface area contributed by atoms with Crippen molar-refractivity contribution in [1.29, 1.82) is 0 Å². The van der Waals surface area contributed by atoms with Crippen molar-refractivity contribution in [3.63, 3.8) is 0 Å². The molecular weight excluding hydrogens is 274 g/mol. The number of hydrogen-bond donors (Lipinski definition) is 2.